The SMILES string of the molecule is CCNC(=NCC(=O)NCc1ccccc1)NCC(C)N1CCOCC1.I. The highest BCUT2D eigenvalue weighted by Crippen LogP contribution is 2.02. The van der Waals surface area contributed by atoms with E-state index in [-0.39, 0.29) is 36.4 Å². The van der Waals surface area contributed by atoms with Gasteiger partial charge in [-0.15, -0.1) is 24.0 Å². The second kappa shape index (κ2) is 13.7. The molecular formula is C19H32IN5O2. The van der Waals surface area contributed by atoms with Crippen molar-refractivity contribution >= 4 is 35.8 Å². The van der Waals surface area contributed by atoms with E-state index in [1.165, 1.54) is 0 Å². The Kier molecular flexibility index (Phi) is 12.0. The molecule has 1 aliphatic heterocycles. The van der Waals surface area contributed by atoms with Crippen LogP contribution in [0.1, 0.15) is 19.4 Å². The van der Waals surface area contributed by atoms with Gasteiger partial charge in [-0.2, -0.15) is 0 Å². The first-order chi connectivity index (χ1) is 12.7. The third kappa shape index (κ3) is 9.39. The van der Waals surface area contributed by atoms with Gasteiger partial charge in [-0.1, -0.05) is 30.3 Å². The molecule has 7 nitrogen and oxygen atoms in total. The molecule has 152 valence electrons. The summed E-state index contributed by atoms with van der Waals surface area (Å²) < 4.78 is 5.39. The first kappa shape index (κ1) is 23.6. The fourth-order valence-corrected chi connectivity index (χ4v) is 2.74. The number of hydrogen-bond donors (Lipinski definition) is 3. The number of hydrogen-bond acceptors (Lipinski definition) is 4. The van der Waals surface area contributed by atoms with Crippen LogP contribution in [0.4, 0.5) is 0 Å². The van der Waals surface area contributed by atoms with Gasteiger partial charge in [-0.3, -0.25) is 9.69 Å². The predicted molar refractivity (Wildman–Crippen MR) is 120 cm³/mol. The number of carbonyl (C=O) groups is 1. The molecule has 0 radical (unpaired) electrons. The van der Waals surface area contributed by atoms with E-state index in [9.17, 15) is 4.79 Å². The maximum Gasteiger partial charge on any atom is 0.242 e. The molecular weight excluding hydrogens is 457 g/mol. The smallest absolute Gasteiger partial charge is 0.242 e. The second-order valence-corrected chi connectivity index (χ2v) is 6.34. The van der Waals surface area contributed by atoms with E-state index in [0.717, 1.165) is 45.0 Å². The van der Waals surface area contributed by atoms with E-state index in [4.69, 9.17) is 4.74 Å². The van der Waals surface area contributed by atoms with Gasteiger partial charge in [0.15, 0.2) is 5.96 Å². The Balaban J connectivity index is 0.00000364. The summed E-state index contributed by atoms with van der Waals surface area (Å²) in [7, 11) is 0. The molecule has 1 aliphatic rings. The summed E-state index contributed by atoms with van der Waals surface area (Å²) >= 11 is 0. The number of nitrogens with zero attached hydrogens (tertiary/aromatic N) is 2. The number of carbonyl (C=O) groups excluding carboxylic acids is 1. The molecule has 1 aromatic carbocycles. The largest absolute Gasteiger partial charge is 0.379 e. The van der Waals surface area contributed by atoms with Crippen LogP contribution in [0, 0.1) is 0 Å². The Morgan fingerprint density at radius 1 is 1.19 bits per heavy atom. The summed E-state index contributed by atoms with van der Waals surface area (Å²) in [6.45, 7) is 9.85. The van der Waals surface area contributed by atoms with Crippen molar-refractivity contribution in [2.75, 3.05) is 45.9 Å². The molecule has 0 spiro atoms. The van der Waals surface area contributed by atoms with Crippen molar-refractivity contribution in [3.05, 3.63) is 35.9 Å². The number of nitrogens with one attached hydrogen (secondary N) is 3. The van der Waals surface area contributed by atoms with Crippen molar-refractivity contribution in [2.45, 2.75) is 26.4 Å². The van der Waals surface area contributed by atoms with Gasteiger partial charge in [-0.25, -0.2) is 4.99 Å². The predicted octanol–water partition coefficient (Wildman–Crippen LogP) is 1.20. The number of benzene rings is 1. The standard InChI is InChI=1S/C19H31N5O2.HI/c1-3-20-19(22-13-16(2)24-9-11-26-12-10-24)23-15-18(25)21-14-17-7-5-4-6-8-17;/h4-8,16H,3,9-15H2,1-2H3,(H,21,25)(H2,20,22,23);1H. The molecule has 1 atom stereocenters. The molecule has 1 fully saturated rings. The lowest BCUT2D eigenvalue weighted by Gasteiger charge is -2.32. The molecule has 1 amide bonds. The van der Waals surface area contributed by atoms with E-state index in [1.54, 1.807) is 0 Å². The Morgan fingerprint density at radius 3 is 2.56 bits per heavy atom. The average molecular weight is 489 g/mol. The molecule has 2 rings (SSSR count). The fraction of sp³-hybridized carbons (Fsp3) is 0.579. The van der Waals surface area contributed by atoms with Gasteiger partial charge in [0.05, 0.1) is 13.2 Å². The van der Waals surface area contributed by atoms with Crippen LogP contribution < -0.4 is 16.0 Å². The van der Waals surface area contributed by atoms with Gasteiger partial charge < -0.3 is 20.7 Å². The van der Waals surface area contributed by atoms with Gasteiger partial charge in [0.25, 0.3) is 0 Å². The Morgan fingerprint density at radius 2 is 1.89 bits per heavy atom. The van der Waals surface area contributed by atoms with Crippen LogP contribution in [0.3, 0.4) is 0 Å². The minimum Gasteiger partial charge on any atom is -0.379 e. The third-order valence-corrected chi connectivity index (χ3v) is 4.29. The summed E-state index contributed by atoms with van der Waals surface area (Å²) in [5, 5.41) is 9.40. The van der Waals surface area contributed by atoms with Crippen LogP contribution in [0.15, 0.2) is 35.3 Å². The summed E-state index contributed by atoms with van der Waals surface area (Å²) in [4.78, 5) is 18.8. The van der Waals surface area contributed by atoms with E-state index >= 15 is 0 Å². The molecule has 3 N–H and O–H groups in total. The van der Waals surface area contributed by atoms with Crippen LogP contribution in [0.5, 0.6) is 0 Å². The number of ether oxygens (including phenoxy) is 1. The lowest BCUT2D eigenvalue weighted by Crippen LogP contribution is -2.49. The van der Waals surface area contributed by atoms with Crippen molar-refractivity contribution in [1.82, 2.24) is 20.9 Å². The first-order valence-electron chi connectivity index (χ1n) is 9.33. The lowest BCUT2D eigenvalue weighted by atomic mass is 10.2. The highest BCUT2D eigenvalue weighted by atomic mass is 127. The minimum absolute atomic E-state index is 0. The molecule has 0 bridgehead atoms. The topological polar surface area (TPSA) is 78.0 Å². The highest BCUT2D eigenvalue weighted by molar-refractivity contribution is 14.0. The van der Waals surface area contributed by atoms with Crippen molar-refractivity contribution < 1.29 is 9.53 Å². The molecule has 0 aliphatic carbocycles. The Hall–Kier alpha value is -1.39. The molecule has 27 heavy (non-hydrogen) atoms. The summed E-state index contributed by atoms with van der Waals surface area (Å²) in [6, 6.07) is 10.2. The van der Waals surface area contributed by atoms with Crippen LogP contribution in [-0.2, 0) is 16.1 Å². The quantitative estimate of drug-likeness (QED) is 0.291. The number of aliphatic imine (C=N–C) groups is 1. The zero-order valence-electron chi connectivity index (χ0n) is 16.2. The summed E-state index contributed by atoms with van der Waals surface area (Å²) in [5.41, 5.74) is 1.08. The van der Waals surface area contributed by atoms with Crippen molar-refractivity contribution in [1.29, 1.82) is 0 Å². The van der Waals surface area contributed by atoms with Crippen molar-refractivity contribution in [2.24, 2.45) is 4.99 Å². The van der Waals surface area contributed by atoms with Gasteiger partial charge in [-0.05, 0) is 19.4 Å². The molecule has 1 aromatic rings. The van der Waals surface area contributed by atoms with Gasteiger partial charge >= 0.3 is 0 Å². The van der Waals surface area contributed by atoms with Crippen LogP contribution in [-0.4, -0.2) is 68.7 Å². The molecule has 1 unspecified atom stereocenters. The van der Waals surface area contributed by atoms with Crippen molar-refractivity contribution in [3.63, 3.8) is 0 Å². The van der Waals surface area contributed by atoms with E-state index in [1.807, 2.05) is 37.3 Å². The molecule has 1 saturated heterocycles. The minimum atomic E-state index is -0.0905. The van der Waals surface area contributed by atoms with Gasteiger partial charge in [0.2, 0.25) is 5.91 Å². The maximum absolute atomic E-state index is 12.0. The van der Waals surface area contributed by atoms with E-state index < -0.39 is 0 Å². The van der Waals surface area contributed by atoms with Gasteiger partial charge in [0.1, 0.15) is 6.54 Å². The van der Waals surface area contributed by atoms with E-state index in [0.29, 0.717) is 18.5 Å². The normalized spacial score (nSPS) is 16.1. The van der Waals surface area contributed by atoms with Crippen LogP contribution >= 0.6 is 24.0 Å². The monoisotopic (exact) mass is 489 g/mol. The van der Waals surface area contributed by atoms with Crippen molar-refractivity contribution in [3.8, 4) is 0 Å². The number of guanidine groups is 1. The Bertz CT molecular complexity index is 564. The van der Waals surface area contributed by atoms with Crippen LogP contribution in [0.2, 0.25) is 0 Å². The molecule has 0 saturated carbocycles. The van der Waals surface area contributed by atoms with Gasteiger partial charge in [0, 0.05) is 38.8 Å². The Labute approximate surface area is 179 Å². The number of halogens is 1. The first-order valence-corrected chi connectivity index (χ1v) is 9.33. The molecule has 8 heteroatoms. The number of morpholine rings is 1. The lowest BCUT2D eigenvalue weighted by molar-refractivity contribution is -0.119. The van der Waals surface area contributed by atoms with Crippen LogP contribution in [0.25, 0.3) is 0 Å². The fourth-order valence-electron chi connectivity index (χ4n) is 2.74. The average Bonchev–Trinajstić information content (AvgIpc) is 2.69. The third-order valence-electron chi connectivity index (χ3n) is 4.29. The summed E-state index contributed by atoms with van der Waals surface area (Å²) in [6.07, 6.45) is 0. The number of rotatable bonds is 8. The molecule has 0 aromatic heterocycles. The molecule has 1 heterocycles. The number of amides is 1. The maximum atomic E-state index is 12.0. The second-order valence-electron chi connectivity index (χ2n) is 6.34. The zero-order valence-corrected chi connectivity index (χ0v) is 18.6. The van der Waals surface area contributed by atoms with E-state index in [2.05, 4.69) is 32.8 Å². The zero-order chi connectivity index (χ0) is 18.6. The highest BCUT2D eigenvalue weighted by Gasteiger charge is 2.17. The summed E-state index contributed by atoms with van der Waals surface area (Å²) in [5.74, 6) is 0.578.